The zero-order valence-corrected chi connectivity index (χ0v) is 15.6. The molecule has 0 saturated heterocycles. The maximum atomic E-state index is 12.9. The molecule has 136 valence electrons. The van der Waals surface area contributed by atoms with Gasteiger partial charge in [-0.2, -0.15) is 0 Å². The van der Waals surface area contributed by atoms with Crippen LogP contribution in [0, 0.1) is 0 Å². The standard InChI is InChI=1S/C21H23ClN2O2/c1-3-13-23-21(26)16(2)24(15-18-7-5-4-6-8-18)20(25)14-17-9-11-19(22)12-10-17/h3-12,16H,1,13-15H2,2H3,(H,23,26)/t16-/m0/s1. The monoisotopic (exact) mass is 370 g/mol. The van der Waals surface area contributed by atoms with Crippen LogP contribution in [0.2, 0.25) is 5.02 Å². The second-order valence-corrected chi connectivity index (χ2v) is 6.46. The number of carbonyl (C=O) groups excluding carboxylic acids is 2. The van der Waals surface area contributed by atoms with Gasteiger partial charge in [0.05, 0.1) is 6.42 Å². The zero-order valence-electron chi connectivity index (χ0n) is 14.8. The van der Waals surface area contributed by atoms with Crippen LogP contribution in [0.4, 0.5) is 0 Å². The molecule has 0 aliphatic carbocycles. The van der Waals surface area contributed by atoms with E-state index < -0.39 is 6.04 Å². The fraction of sp³-hybridized carbons (Fsp3) is 0.238. The molecule has 26 heavy (non-hydrogen) atoms. The molecular formula is C21H23ClN2O2. The van der Waals surface area contributed by atoms with E-state index >= 15 is 0 Å². The summed E-state index contributed by atoms with van der Waals surface area (Å²) in [7, 11) is 0. The topological polar surface area (TPSA) is 49.4 Å². The molecule has 2 aromatic rings. The Labute approximate surface area is 159 Å². The largest absolute Gasteiger partial charge is 0.351 e. The zero-order chi connectivity index (χ0) is 18.9. The van der Waals surface area contributed by atoms with Crippen LogP contribution in [0.3, 0.4) is 0 Å². The first kappa shape index (κ1) is 19.7. The van der Waals surface area contributed by atoms with Crippen molar-refractivity contribution in [1.29, 1.82) is 0 Å². The minimum Gasteiger partial charge on any atom is -0.351 e. The molecule has 0 aliphatic heterocycles. The smallest absolute Gasteiger partial charge is 0.242 e. The van der Waals surface area contributed by atoms with E-state index in [1.54, 1.807) is 30.0 Å². The maximum Gasteiger partial charge on any atom is 0.242 e. The van der Waals surface area contributed by atoms with Crippen LogP contribution in [0.5, 0.6) is 0 Å². The number of hydrogen-bond acceptors (Lipinski definition) is 2. The summed E-state index contributed by atoms with van der Waals surface area (Å²) in [6.45, 7) is 6.07. The van der Waals surface area contributed by atoms with Gasteiger partial charge in [0, 0.05) is 18.1 Å². The summed E-state index contributed by atoms with van der Waals surface area (Å²) >= 11 is 5.90. The summed E-state index contributed by atoms with van der Waals surface area (Å²) in [5, 5.41) is 3.38. The molecule has 0 saturated carbocycles. The number of nitrogens with zero attached hydrogens (tertiary/aromatic N) is 1. The van der Waals surface area contributed by atoms with Crippen molar-refractivity contribution in [3.63, 3.8) is 0 Å². The van der Waals surface area contributed by atoms with Crippen LogP contribution in [0.1, 0.15) is 18.1 Å². The van der Waals surface area contributed by atoms with Crippen LogP contribution in [0.15, 0.2) is 67.3 Å². The fourth-order valence-corrected chi connectivity index (χ4v) is 2.69. The molecule has 0 spiro atoms. The van der Waals surface area contributed by atoms with E-state index in [4.69, 9.17) is 11.6 Å². The second-order valence-electron chi connectivity index (χ2n) is 6.02. The van der Waals surface area contributed by atoms with Crippen molar-refractivity contribution in [2.75, 3.05) is 6.54 Å². The van der Waals surface area contributed by atoms with Crippen LogP contribution < -0.4 is 5.32 Å². The lowest BCUT2D eigenvalue weighted by atomic mass is 10.1. The van der Waals surface area contributed by atoms with Gasteiger partial charge in [-0.05, 0) is 30.2 Å². The van der Waals surface area contributed by atoms with Crippen molar-refractivity contribution < 1.29 is 9.59 Å². The first-order chi connectivity index (χ1) is 12.5. The quantitative estimate of drug-likeness (QED) is 0.722. The molecular weight excluding hydrogens is 348 g/mol. The molecule has 2 rings (SSSR count). The lowest BCUT2D eigenvalue weighted by molar-refractivity contribution is -0.140. The summed E-state index contributed by atoms with van der Waals surface area (Å²) < 4.78 is 0. The Balaban J connectivity index is 2.17. The van der Waals surface area contributed by atoms with E-state index in [-0.39, 0.29) is 18.2 Å². The number of nitrogens with one attached hydrogen (secondary N) is 1. The Bertz CT molecular complexity index is 744. The fourth-order valence-electron chi connectivity index (χ4n) is 2.56. The van der Waals surface area contributed by atoms with E-state index in [2.05, 4.69) is 11.9 Å². The molecule has 2 aromatic carbocycles. The van der Waals surface area contributed by atoms with Gasteiger partial charge in [-0.1, -0.05) is 60.1 Å². The summed E-state index contributed by atoms with van der Waals surface area (Å²) in [4.78, 5) is 26.9. The lowest BCUT2D eigenvalue weighted by Crippen LogP contribution is -2.48. The first-order valence-corrected chi connectivity index (χ1v) is 8.85. The Morgan fingerprint density at radius 2 is 1.77 bits per heavy atom. The van der Waals surface area contributed by atoms with Crippen LogP contribution in [0.25, 0.3) is 0 Å². The van der Waals surface area contributed by atoms with Gasteiger partial charge in [0.2, 0.25) is 11.8 Å². The Morgan fingerprint density at radius 3 is 2.38 bits per heavy atom. The highest BCUT2D eigenvalue weighted by atomic mass is 35.5. The van der Waals surface area contributed by atoms with Crippen LogP contribution >= 0.6 is 11.6 Å². The average molecular weight is 371 g/mol. The molecule has 0 heterocycles. The molecule has 0 aliphatic rings. The van der Waals surface area contributed by atoms with Gasteiger partial charge in [-0.25, -0.2) is 0 Å². The number of hydrogen-bond donors (Lipinski definition) is 1. The molecule has 0 fully saturated rings. The molecule has 2 amide bonds. The number of rotatable bonds is 8. The summed E-state index contributed by atoms with van der Waals surface area (Å²) in [6, 6.07) is 16.2. The van der Waals surface area contributed by atoms with Crippen molar-refractivity contribution >= 4 is 23.4 Å². The van der Waals surface area contributed by atoms with Crippen LogP contribution in [-0.4, -0.2) is 29.3 Å². The van der Waals surface area contributed by atoms with E-state index in [9.17, 15) is 9.59 Å². The van der Waals surface area contributed by atoms with Crippen molar-refractivity contribution in [3.05, 3.63) is 83.4 Å². The third-order valence-electron chi connectivity index (χ3n) is 4.05. The predicted octanol–water partition coefficient (Wildman–Crippen LogP) is 3.60. The molecule has 0 aromatic heterocycles. The van der Waals surface area contributed by atoms with E-state index in [0.717, 1.165) is 11.1 Å². The van der Waals surface area contributed by atoms with E-state index in [1.807, 2.05) is 42.5 Å². The summed E-state index contributed by atoms with van der Waals surface area (Å²) in [6.07, 6.45) is 1.82. The van der Waals surface area contributed by atoms with Gasteiger partial charge in [0.15, 0.2) is 0 Å². The van der Waals surface area contributed by atoms with E-state index in [1.165, 1.54) is 0 Å². The minimum absolute atomic E-state index is 0.113. The molecule has 0 unspecified atom stereocenters. The van der Waals surface area contributed by atoms with Gasteiger partial charge in [0.25, 0.3) is 0 Å². The third kappa shape index (κ3) is 5.74. The summed E-state index contributed by atoms with van der Waals surface area (Å²) in [5.41, 5.74) is 1.83. The highest BCUT2D eigenvalue weighted by Crippen LogP contribution is 2.14. The summed E-state index contributed by atoms with van der Waals surface area (Å²) in [5.74, 6) is -0.317. The van der Waals surface area contributed by atoms with Gasteiger partial charge in [-0.3, -0.25) is 9.59 Å². The molecule has 5 heteroatoms. The highest BCUT2D eigenvalue weighted by Gasteiger charge is 2.25. The number of carbonyl (C=O) groups is 2. The number of amides is 2. The number of benzene rings is 2. The van der Waals surface area contributed by atoms with Crippen molar-refractivity contribution in [2.24, 2.45) is 0 Å². The normalized spacial score (nSPS) is 11.5. The molecule has 1 N–H and O–H groups in total. The van der Waals surface area contributed by atoms with Gasteiger partial charge in [0.1, 0.15) is 6.04 Å². The first-order valence-electron chi connectivity index (χ1n) is 8.47. The Morgan fingerprint density at radius 1 is 1.12 bits per heavy atom. The lowest BCUT2D eigenvalue weighted by Gasteiger charge is -2.29. The molecule has 0 radical (unpaired) electrons. The molecule has 1 atom stereocenters. The second kappa shape index (κ2) is 9.78. The minimum atomic E-state index is -0.588. The SMILES string of the molecule is C=CCNC(=O)[C@H](C)N(Cc1ccccc1)C(=O)Cc1ccc(Cl)cc1. The highest BCUT2D eigenvalue weighted by molar-refractivity contribution is 6.30. The molecule has 0 bridgehead atoms. The average Bonchev–Trinajstić information content (AvgIpc) is 2.66. The van der Waals surface area contributed by atoms with Crippen molar-refractivity contribution in [1.82, 2.24) is 10.2 Å². The molecule has 4 nitrogen and oxygen atoms in total. The maximum absolute atomic E-state index is 12.9. The van der Waals surface area contributed by atoms with Gasteiger partial charge in [-0.15, -0.1) is 6.58 Å². The predicted molar refractivity (Wildman–Crippen MR) is 105 cm³/mol. The number of halogens is 1. The third-order valence-corrected chi connectivity index (χ3v) is 4.30. The Kier molecular flexibility index (Phi) is 7.42. The van der Waals surface area contributed by atoms with Crippen LogP contribution in [-0.2, 0) is 22.6 Å². The Hall–Kier alpha value is -2.59. The van der Waals surface area contributed by atoms with Crippen molar-refractivity contribution in [3.8, 4) is 0 Å². The van der Waals surface area contributed by atoms with Crippen molar-refractivity contribution in [2.45, 2.75) is 25.9 Å². The van der Waals surface area contributed by atoms with Gasteiger partial charge < -0.3 is 10.2 Å². The van der Waals surface area contributed by atoms with E-state index in [0.29, 0.717) is 18.1 Å². The van der Waals surface area contributed by atoms with Gasteiger partial charge >= 0.3 is 0 Å².